The summed E-state index contributed by atoms with van der Waals surface area (Å²) < 4.78 is 16.4. The van der Waals surface area contributed by atoms with Crippen molar-refractivity contribution in [3.8, 4) is 22.6 Å². The van der Waals surface area contributed by atoms with Crippen molar-refractivity contribution in [3.05, 3.63) is 60.2 Å². The lowest BCUT2D eigenvalue weighted by Gasteiger charge is -2.03. The second-order valence-corrected chi connectivity index (χ2v) is 5.62. The molecule has 2 aromatic heterocycles. The Bertz CT molecular complexity index is 983. The van der Waals surface area contributed by atoms with Crippen LogP contribution < -0.4 is 0 Å². The fourth-order valence-electron chi connectivity index (χ4n) is 2.75. The molecule has 0 saturated heterocycles. The Morgan fingerprint density at radius 1 is 1.00 bits per heavy atom. The van der Waals surface area contributed by atoms with Gasteiger partial charge < -0.3 is 13.6 Å². The smallest absolute Gasteiger partial charge is 0.247 e. The van der Waals surface area contributed by atoms with Gasteiger partial charge >= 0.3 is 0 Å². The minimum atomic E-state index is 0.511. The molecular weight excluding hydrogens is 304 g/mol. The Morgan fingerprint density at radius 2 is 1.79 bits per heavy atom. The van der Waals surface area contributed by atoms with Gasteiger partial charge in [0.05, 0.1) is 12.9 Å². The third-order valence-corrected chi connectivity index (χ3v) is 3.92. The van der Waals surface area contributed by atoms with Crippen LogP contribution in [0.5, 0.6) is 0 Å². The van der Waals surface area contributed by atoms with Crippen LogP contribution in [0.3, 0.4) is 0 Å². The summed E-state index contributed by atoms with van der Waals surface area (Å²) in [5.41, 5.74) is 4.96. The molecule has 5 heteroatoms. The first-order chi connectivity index (χ1) is 11.7. The fourth-order valence-corrected chi connectivity index (χ4v) is 2.75. The molecule has 24 heavy (non-hydrogen) atoms. The summed E-state index contributed by atoms with van der Waals surface area (Å²) >= 11 is 0. The zero-order valence-electron chi connectivity index (χ0n) is 13.4. The number of rotatable bonds is 4. The number of benzene rings is 2. The predicted octanol–water partition coefficient (Wildman–Crippen LogP) is 4.60. The molecule has 0 aliphatic rings. The van der Waals surface area contributed by atoms with E-state index in [1.165, 1.54) is 0 Å². The Hall–Kier alpha value is -2.92. The van der Waals surface area contributed by atoms with E-state index >= 15 is 0 Å². The van der Waals surface area contributed by atoms with E-state index in [-0.39, 0.29) is 0 Å². The quantitative estimate of drug-likeness (QED) is 0.550. The summed E-state index contributed by atoms with van der Waals surface area (Å²) in [6.07, 6.45) is 1.78. The van der Waals surface area contributed by atoms with E-state index in [4.69, 9.17) is 13.6 Å². The first kappa shape index (κ1) is 14.7. The topological polar surface area (TPSA) is 61.3 Å². The van der Waals surface area contributed by atoms with Gasteiger partial charge in [-0.25, -0.2) is 0 Å². The highest BCUT2D eigenvalue weighted by Gasteiger charge is 2.12. The Labute approximate surface area is 138 Å². The molecule has 0 amide bonds. The number of hydrogen-bond acceptors (Lipinski definition) is 5. The van der Waals surface area contributed by atoms with Crippen molar-refractivity contribution in [1.29, 1.82) is 0 Å². The first-order valence-electron chi connectivity index (χ1n) is 7.64. The predicted molar refractivity (Wildman–Crippen MR) is 90.4 cm³/mol. The minimum absolute atomic E-state index is 0.511. The van der Waals surface area contributed by atoms with Crippen LogP contribution in [-0.4, -0.2) is 17.3 Å². The Kier molecular flexibility index (Phi) is 3.63. The van der Waals surface area contributed by atoms with Crippen LogP contribution in [0.15, 0.2) is 57.6 Å². The van der Waals surface area contributed by atoms with Crippen LogP contribution in [0.1, 0.15) is 11.5 Å². The lowest BCUT2D eigenvalue weighted by Crippen LogP contribution is -1.86. The van der Waals surface area contributed by atoms with Crippen LogP contribution >= 0.6 is 0 Å². The molecule has 0 unspecified atom stereocenters. The number of aryl methyl sites for hydroxylation is 1. The number of fused-ring (bicyclic) bond motifs is 1. The van der Waals surface area contributed by atoms with Gasteiger partial charge in [-0.1, -0.05) is 24.3 Å². The molecular formula is C19H16N2O3. The van der Waals surface area contributed by atoms with Crippen molar-refractivity contribution in [2.45, 2.75) is 13.5 Å². The van der Waals surface area contributed by atoms with Crippen molar-refractivity contribution in [3.63, 3.8) is 0 Å². The van der Waals surface area contributed by atoms with Crippen LogP contribution in [-0.2, 0) is 11.3 Å². The van der Waals surface area contributed by atoms with E-state index in [2.05, 4.69) is 34.5 Å². The molecule has 4 rings (SSSR count). The number of methoxy groups -OCH3 is 1. The molecule has 0 atom stereocenters. The van der Waals surface area contributed by atoms with Crippen molar-refractivity contribution >= 4 is 11.0 Å². The normalized spacial score (nSPS) is 11.2. The van der Waals surface area contributed by atoms with Crippen LogP contribution in [0.4, 0.5) is 0 Å². The van der Waals surface area contributed by atoms with Gasteiger partial charge in [-0.15, -0.1) is 10.2 Å². The second-order valence-electron chi connectivity index (χ2n) is 5.62. The number of ether oxygens (including phenoxy) is 1. The average molecular weight is 320 g/mol. The zero-order valence-corrected chi connectivity index (χ0v) is 13.4. The van der Waals surface area contributed by atoms with E-state index in [0.717, 1.165) is 33.2 Å². The monoisotopic (exact) mass is 320 g/mol. The van der Waals surface area contributed by atoms with Crippen molar-refractivity contribution in [2.75, 3.05) is 7.11 Å². The molecule has 2 aromatic carbocycles. The summed E-state index contributed by atoms with van der Waals surface area (Å²) in [7, 11) is 1.69. The lowest BCUT2D eigenvalue weighted by molar-refractivity contribution is 0.185. The lowest BCUT2D eigenvalue weighted by atomic mass is 10.0. The molecule has 5 nitrogen and oxygen atoms in total. The van der Waals surface area contributed by atoms with E-state index in [1.54, 1.807) is 20.3 Å². The molecule has 120 valence electrons. The van der Waals surface area contributed by atoms with Gasteiger partial charge in [0.25, 0.3) is 0 Å². The van der Waals surface area contributed by atoms with Gasteiger partial charge in [0.2, 0.25) is 11.8 Å². The summed E-state index contributed by atoms with van der Waals surface area (Å²) in [6, 6.07) is 14.1. The number of hydrogen-bond donors (Lipinski definition) is 0. The van der Waals surface area contributed by atoms with Gasteiger partial charge in [0, 0.05) is 30.5 Å². The molecule has 4 aromatic rings. The molecule has 0 bridgehead atoms. The average Bonchev–Trinajstić information content (AvgIpc) is 3.21. The summed E-state index contributed by atoms with van der Waals surface area (Å²) in [5.74, 6) is 1.06. The van der Waals surface area contributed by atoms with Crippen molar-refractivity contribution < 1.29 is 13.6 Å². The summed E-state index contributed by atoms with van der Waals surface area (Å²) in [4.78, 5) is 0. The number of aromatic nitrogens is 2. The molecule has 0 spiro atoms. The fraction of sp³-hybridized carbons (Fsp3) is 0.158. The van der Waals surface area contributed by atoms with Gasteiger partial charge in [-0.05, 0) is 29.3 Å². The van der Waals surface area contributed by atoms with E-state index in [0.29, 0.717) is 18.4 Å². The summed E-state index contributed by atoms with van der Waals surface area (Å²) in [6.45, 7) is 2.38. The maximum Gasteiger partial charge on any atom is 0.247 e. The summed E-state index contributed by atoms with van der Waals surface area (Å²) in [5, 5.41) is 8.98. The highest BCUT2D eigenvalue weighted by Crippen LogP contribution is 2.33. The SMILES string of the molecule is COCc1ccc(-c2coc3ccc(-c4nnc(C)o4)cc23)cc1. The van der Waals surface area contributed by atoms with Gasteiger partial charge in [-0.3, -0.25) is 0 Å². The number of nitrogens with zero attached hydrogens (tertiary/aromatic N) is 2. The van der Waals surface area contributed by atoms with Gasteiger partial charge in [0.1, 0.15) is 5.58 Å². The van der Waals surface area contributed by atoms with Crippen LogP contribution in [0.2, 0.25) is 0 Å². The van der Waals surface area contributed by atoms with E-state index in [9.17, 15) is 0 Å². The molecule has 0 radical (unpaired) electrons. The van der Waals surface area contributed by atoms with Gasteiger partial charge in [0.15, 0.2) is 0 Å². The van der Waals surface area contributed by atoms with Gasteiger partial charge in [-0.2, -0.15) is 0 Å². The van der Waals surface area contributed by atoms with E-state index < -0.39 is 0 Å². The molecule has 0 fully saturated rings. The largest absolute Gasteiger partial charge is 0.464 e. The maximum absolute atomic E-state index is 5.69. The zero-order chi connectivity index (χ0) is 16.5. The van der Waals surface area contributed by atoms with Crippen molar-refractivity contribution in [2.24, 2.45) is 0 Å². The Balaban J connectivity index is 1.78. The standard InChI is InChI=1S/C19H16N2O3/c1-12-20-21-19(24-12)15-7-8-18-16(9-15)17(11-23-18)14-5-3-13(4-6-14)10-22-2/h3-9,11H,10H2,1-2H3. The highest BCUT2D eigenvalue weighted by atomic mass is 16.5. The number of furan rings is 1. The Morgan fingerprint density at radius 3 is 2.50 bits per heavy atom. The molecule has 0 N–H and O–H groups in total. The van der Waals surface area contributed by atoms with Crippen LogP contribution in [0, 0.1) is 6.92 Å². The van der Waals surface area contributed by atoms with Crippen LogP contribution in [0.25, 0.3) is 33.6 Å². The highest BCUT2D eigenvalue weighted by molar-refractivity contribution is 5.96. The molecule has 2 heterocycles. The maximum atomic E-state index is 5.69. The molecule has 0 saturated carbocycles. The molecule has 0 aliphatic carbocycles. The third-order valence-electron chi connectivity index (χ3n) is 3.92. The second kappa shape index (κ2) is 5.94. The first-order valence-corrected chi connectivity index (χ1v) is 7.64. The molecule has 0 aliphatic heterocycles. The third kappa shape index (κ3) is 2.59. The minimum Gasteiger partial charge on any atom is -0.464 e. The van der Waals surface area contributed by atoms with E-state index in [1.807, 2.05) is 18.2 Å². The van der Waals surface area contributed by atoms with Crippen molar-refractivity contribution in [1.82, 2.24) is 10.2 Å².